The van der Waals surface area contributed by atoms with Crippen molar-refractivity contribution in [1.82, 2.24) is 24.7 Å². The lowest BCUT2D eigenvalue weighted by molar-refractivity contribution is -0.118. The maximum absolute atomic E-state index is 13.2. The van der Waals surface area contributed by atoms with Crippen molar-refractivity contribution in [2.24, 2.45) is 0 Å². The maximum atomic E-state index is 13.2. The van der Waals surface area contributed by atoms with Gasteiger partial charge in [0.05, 0.1) is 28.6 Å². The summed E-state index contributed by atoms with van der Waals surface area (Å²) < 4.78 is 1.90. The zero-order valence-electron chi connectivity index (χ0n) is 19.0. The van der Waals surface area contributed by atoms with Crippen LogP contribution in [0.2, 0.25) is 0 Å². The van der Waals surface area contributed by atoms with Gasteiger partial charge in [0.15, 0.2) is 11.4 Å². The first-order valence-corrected chi connectivity index (χ1v) is 11.6. The Hall–Kier alpha value is -4.12. The minimum Gasteiger partial charge on any atom is -0.350 e. The second-order valence-electron chi connectivity index (χ2n) is 8.58. The van der Waals surface area contributed by atoms with E-state index < -0.39 is 5.92 Å². The third kappa shape index (κ3) is 4.25. The van der Waals surface area contributed by atoms with Gasteiger partial charge in [0.1, 0.15) is 0 Å². The van der Waals surface area contributed by atoms with Crippen molar-refractivity contribution in [2.75, 3.05) is 5.32 Å². The first-order chi connectivity index (χ1) is 16.7. The highest BCUT2D eigenvalue weighted by Gasteiger charge is 2.35. The highest BCUT2D eigenvalue weighted by Crippen LogP contribution is 2.38. The Morgan fingerprint density at radius 1 is 1.18 bits per heavy atom. The molecule has 0 amide bonds. The van der Waals surface area contributed by atoms with E-state index in [1.165, 1.54) is 0 Å². The minimum absolute atomic E-state index is 0.0731. The van der Waals surface area contributed by atoms with Crippen LogP contribution in [-0.4, -0.2) is 30.5 Å². The number of nitrogens with zero attached hydrogens (tertiary/aromatic N) is 6. The number of pyridine rings is 1. The summed E-state index contributed by atoms with van der Waals surface area (Å²) in [6.45, 7) is 3.48. The van der Waals surface area contributed by atoms with E-state index in [0.717, 1.165) is 47.9 Å². The fraction of sp³-hybridized carbons (Fsp3) is 0.308. The molecule has 1 unspecified atom stereocenters. The van der Waals surface area contributed by atoms with Gasteiger partial charge in [-0.05, 0) is 47.4 Å². The molecule has 0 spiro atoms. The number of rotatable bonds is 8. The molecule has 5 rings (SSSR count). The van der Waals surface area contributed by atoms with Crippen LogP contribution < -0.4 is 5.32 Å². The third-order valence-corrected chi connectivity index (χ3v) is 6.19. The first-order valence-electron chi connectivity index (χ1n) is 11.6. The molecule has 0 bridgehead atoms. The van der Waals surface area contributed by atoms with Gasteiger partial charge in [-0.15, -0.1) is 0 Å². The van der Waals surface area contributed by atoms with Crippen LogP contribution in [0.15, 0.2) is 48.9 Å². The van der Waals surface area contributed by atoms with E-state index in [0.29, 0.717) is 35.8 Å². The van der Waals surface area contributed by atoms with E-state index in [1.54, 1.807) is 18.5 Å². The molecule has 1 atom stereocenters. The fourth-order valence-electron chi connectivity index (χ4n) is 4.45. The summed E-state index contributed by atoms with van der Waals surface area (Å²) in [5, 5.41) is 18.2. The summed E-state index contributed by atoms with van der Waals surface area (Å²) in [4.78, 5) is 26.7. The van der Waals surface area contributed by atoms with Gasteiger partial charge in [0, 0.05) is 38.1 Å². The molecule has 0 radical (unpaired) electrons. The molecule has 1 N–H and O–H groups in total. The van der Waals surface area contributed by atoms with E-state index >= 15 is 0 Å². The van der Waals surface area contributed by atoms with Gasteiger partial charge in [-0.2, -0.15) is 15.3 Å². The molecule has 3 heterocycles. The minimum atomic E-state index is -0.538. The van der Waals surface area contributed by atoms with Crippen LogP contribution in [0.25, 0.3) is 11.0 Å². The molecule has 0 aliphatic heterocycles. The number of ketones is 1. The monoisotopic (exact) mass is 451 g/mol. The maximum Gasteiger partial charge on any atom is 0.225 e. The average Bonchev–Trinajstić information content (AvgIpc) is 3.42. The largest absolute Gasteiger partial charge is 0.350 e. The highest BCUT2D eigenvalue weighted by molar-refractivity contribution is 5.98. The highest BCUT2D eigenvalue weighted by atomic mass is 16.1. The van der Waals surface area contributed by atoms with Crippen LogP contribution in [0.3, 0.4) is 0 Å². The summed E-state index contributed by atoms with van der Waals surface area (Å²) in [6.07, 6.45) is 9.05. The van der Waals surface area contributed by atoms with Gasteiger partial charge in [-0.25, -0.2) is 4.98 Å². The molecule has 0 fully saturated rings. The Labute approximate surface area is 197 Å². The number of aromatic nitrogens is 5. The SMILES string of the molecule is CCCCCn1cc2c(C3C(=O)Cc4ccc(C#N)cc43)nc(NCc3ccncc3)nc2n1. The molecular weight excluding hydrogens is 426 g/mol. The number of Topliss-reactive ketones (excluding diaryl/α,β-unsaturated/α-hetero) is 1. The van der Waals surface area contributed by atoms with Crippen molar-refractivity contribution in [3.05, 3.63) is 76.9 Å². The molecule has 8 nitrogen and oxygen atoms in total. The van der Waals surface area contributed by atoms with Gasteiger partial charge in [-0.3, -0.25) is 14.5 Å². The van der Waals surface area contributed by atoms with Gasteiger partial charge in [-0.1, -0.05) is 25.8 Å². The van der Waals surface area contributed by atoms with Gasteiger partial charge >= 0.3 is 0 Å². The lowest BCUT2D eigenvalue weighted by atomic mass is 9.94. The lowest BCUT2D eigenvalue weighted by Crippen LogP contribution is -2.13. The van der Waals surface area contributed by atoms with Crippen LogP contribution in [0, 0.1) is 11.3 Å². The Morgan fingerprint density at radius 2 is 2.03 bits per heavy atom. The Balaban J connectivity index is 1.57. The number of carbonyl (C=O) groups is 1. The third-order valence-electron chi connectivity index (χ3n) is 6.19. The predicted molar refractivity (Wildman–Crippen MR) is 128 cm³/mol. The number of nitriles is 1. The van der Waals surface area contributed by atoms with Crippen LogP contribution in [0.5, 0.6) is 0 Å². The number of nitrogens with one attached hydrogen (secondary N) is 1. The topological polar surface area (TPSA) is 109 Å². The second-order valence-corrected chi connectivity index (χ2v) is 8.58. The number of benzene rings is 1. The number of carbonyl (C=O) groups excluding carboxylic acids is 1. The smallest absolute Gasteiger partial charge is 0.225 e. The van der Waals surface area contributed by atoms with Crippen molar-refractivity contribution in [2.45, 2.75) is 51.6 Å². The molecule has 3 aromatic heterocycles. The Kier molecular flexibility index (Phi) is 6.00. The number of fused-ring (bicyclic) bond motifs is 2. The van der Waals surface area contributed by atoms with E-state index in [4.69, 9.17) is 10.1 Å². The zero-order valence-corrected chi connectivity index (χ0v) is 19.0. The van der Waals surface area contributed by atoms with Crippen molar-refractivity contribution in [1.29, 1.82) is 5.26 Å². The average molecular weight is 452 g/mol. The molecule has 0 saturated carbocycles. The van der Waals surface area contributed by atoms with Crippen LogP contribution >= 0.6 is 0 Å². The lowest BCUT2D eigenvalue weighted by Gasteiger charge is -2.13. The summed E-state index contributed by atoms with van der Waals surface area (Å²) in [6, 6.07) is 11.5. The van der Waals surface area contributed by atoms with Crippen molar-refractivity contribution >= 4 is 22.8 Å². The van der Waals surface area contributed by atoms with Crippen LogP contribution in [-0.2, 0) is 24.3 Å². The quantitative estimate of drug-likeness (QED) is 0.401. The van der Waals surface area contributed by atoms with Crippen molar-refractivity contribution < 1.29 is 4.79 Å². The van der Waals surface area contributed by atoms with Crippen LogP contribution in [0.4, 0.5) is 5.95 Å². The zero-order chi connectivity index (χ0) is 23.5. The summed E-state index contributed by atoms with van der Waals surface area (Å²) in [7, 11) is 0. The summed E-state index contributed by atoms with van der Waals surface area (Å²) >= 11 is 0. The van der Waals surface area contributed by atoms with E-state index in [9.17, 15) is 10.1 Å². The molecule has 34 heavy (non-hydrogen) atoms. The summed E-state index contributed by atoms with van der Waals surface area (Å²) in [5.41, 5.74) is 4.59. The van der Waals surface area contributed by atoms with E-state index in [2.05, 4.69) is 28.3 Å². The number of hydrogen-bond donors (Lipinski definition) is 1. The fourth-order valence-corrected chi connectivity index (χ4v) is 4.45. The van der Waals surface area contributed by atoms with Gasteiger partial charge < -0.3 is 5.32 Å². The molecule has 1 aliphatic rings. The number of hydrogen-bond acceptors (Lipinski definition) is 7. The first kappa shape index (κ1) is 21.7. The Morgan fingerprint density at radius 3 is 2.82 bits per heavy atom. The molecule has 1 aromatic carbocycles. The van der Waals surface area contributed by atoms with Crippen LogP contribution in [0.1, 0.15) is 60.1 Å². The molecule has 170 valence electrons. The molecule has 0 saturated heterocycles. The standard InChI is InChI=1S/C26H25N7O/c1-2-3-4-11-33-16-21-24(23-20-12-18(14-27)5-6-19(20)13-22(23)34)30-26(31-25(21)32-33)29-15-17-7-9-28-10-8-17/h5-10,12,16,23H,2-4,11,13,15H2,1H3,(H,29,31,32). The van der Waals surface area contributed by atoms with Gasteiger partial charge in [0.2, 0.25) is 5.95 Å². The van der Waals surface area contributed by atoms with Gasteiger partial charge in [0.25, 0.3) is 0 Å². The van der Waals surface area contributed by atoms with Crippen molar-refractivity contribution in [3.8, 4) is 6.07 Å². The molecule has 4 aromatic rings. The van der Waals surface area contributed by atoms with Crippen molar-refractivity contribution in [3.63, 3.8) is 0 Å². The summed E-state index contributed by atoms with van der Waals surface area (Å²) in [5.74, 6) is -0.0386. The number of aryl methyl sites for hydroxylation is 1. The van der Waals surface area contributed by atoms with E-state index in [-0.39, 0.29) is 5.78 Å². The molecule has 1 aliphatic carbocycles. The number of unbranched alkanes of at least 4 members (excludes halogenated alkanes) is 2. The second kappa shape index (κ2) is 9.40. The normalized spacial score (nSPS) is 14.8. The molecule has 8 heteroatoms. The molecular formula is C26H25N7O. The Bertz CT molecular complexity index is 1390. The number of anilines is 1. The predicted octanol–water partition coefficient (Wildman–Crippen LogP) is 4.15. The van der Waals surface area contributed by atoms with E-state index in [1.807, 2.05) is 35.1 Å².